The van der Waals surface area contributed by atoms with E-state index in [1.807, 2.05) is 30.3 Å². The highest BCUT2D eigenvalue weighted by Crippen LogP contribution is 2.05. The summed E-state index contributed by atoms with van der Waals surface area (Å²) in [4.78, 5) is 13.6. The zero-order valence-electron chi connectivity index (χ0n) is 10.4. The molecule has 0 radical (unpaired) electrons. The second-order valence-electron chi connectivity index (χ2n) is 4.03. The molecule has 94 valence electrons. The number of nitrogens with zero attached hydrogens (tertiary/aromatic N) is 1. The summed E-state index contributed by atoms with van der Waals surface area (Å²) in [5.74, 6) is -0.0501. The maximum absolute atomic E-state index is 11.9. The number of ether oxygens (including phenoxy) is 1. The lowest BCUT2D eigenvalue weighted by Crippen LogP contribution is -2.43. The van der Waals surface area contributed by atoms with E-state index in [4.69, 9.17) is 10.5 Å². The Morgan fingerprint density at radius 2 is 2.06 bits per heavy atom. The van der Waals surface area contributed by atoms with Gasteiger partial charge in [0, 0.05) is 20.2 Å². The first-order chi connectivity index (χ1) is 8.15. The van der Waals surface area contributed by atoms with Crippen molar-refractivity contribution >= 4 is 5.91 Å². The minimum atomic E-state index is -0.476. The Hall–Kier alpha value is -1.39. The predicted molar refractivity (Wildman–Crippen MR) is 67.4 cm³/mol. The van der Waals surface area contributed by atoms with Gasteiger partial charge >= 0.3 is 0 Å². The van der Waals surface area contributed by atoms with Gasteiger partial charge in [-0.1, -0.05) is 30.3 Å². The number of amides is 1. The van der Waals surface area contributed by atoms with E-state index in [-0.39, 0.29) is 5.91 Å². The summed E-state index contributed by atoms with van der Waals surface area (Å²) in [5.41, 5.74) is 6.73. The number of rotatable bonds is 6. The van der Waals surface area contributed by atoms with Crippen LogP contribution in [0.25, 0.3) is 0 Å². The molecule has 2 N–H and O–H groups in total. The van der Waals surface area contributed by atoms with E-state index in [1.54, 1.807) is 18.9 Å². The van der Waals surface area contributed by atoms with Gasteiger partial charge in [-0.15, -0.1) is 0 Å². The molecule has 0 aliphatic rings. The maximum Gasteiger partial charge on any atom is 0.239 e. The van der Waals surface area contributed by atoms with Crippen molar-refractivity contribution in [2.24, 2.45) is 5.73 Å². The second kappa shape index (κ2) is 7.04. The number of nitrogens with two attached hydrogens (primary N) is 1. The van der Waals surface area contributed by atoms with E-state index < -0.39 is 6.04 Å². The molecule has 0 heterocycles. The first kappa shape index (κ1) is 13.7. The van der Waals surface area contributed by atoms with E-state index in [1.165, 1.54) is 0 Å². The Balaban J connectivity index is 2.66. The molecular weight excluding hydrogens is 216 g/mol. The molecule has 1 aromatic rings. The first-order valence-electron chi connectivity index (χ1n) is 5.72. The topological polar surface area (TPSA) is 55.6 Å². The quantitative estimate of drug-likeness (QED) is 0.802. The van der Waals surface area contributed by atoms with E-state index in [2.05, 4.69) is 0 Å². The highest BCUT2D eigenvalue weighted by Gasteiger charge is 2.17. The molecule has 0 fully saturated rings. The van der Waals surface area contributed by atoms with Crippen molar-refractivity contribution in [3.63, 3.8) is 0 Å². The van der Waals surface area contributed by atoms with Gasteiger partial charge in [0.15, 0.2) is 0 Å². The lowest BCUT2D eigenvalue weighted by atomic mass is 10.2. The monoisotopic (exact) mass is 236 g/mol. The summed E-state index contributed by atoms with van der Waals surface area (Å²) in [6, 6.07) is 9.38. The molecular formula is C13H20N2O2. The van der Waals surface area contributed by atoms with Crippen molar-refractivity contribution in [3.05, 3.63) is 35.9 Å². The van der Waals surface area contributed by atoms with Gasteiger partial charge in [0.05, 0.1) is 12.6 Å². The van der Waals surface area contributed by atoms with Gasteiger partial charge < -0.3 is 15.4 Å². The average molecular weight is 236 g/mol. The van der Waals surface area contributed by atoms with E-state index in [9.17, 15) is 4.79 Å². The molecule has 0 aliphatic heterocycles. The third-order valence-corrected chi connectivity index (χ3v) is 2.48. The fraction of sp³-hybridized carbons (Fsp3) is 0.462. The van der Waals surface area contributed by atoms with Gasteiger partial charge in [0.25, 0.3) is 0 Å². The number of benzene rings is 1. The molecule has 0 bridgehead atoms. The van der Waals surface area contributed by atoms with Gasteiger partial charge in [-0.2, -0.15) is 0 Å². The fourth-order valence-electron chi connectivity index (χ4n) is 1.56. The van der Waals surface area contributed by atoms with Gasteiger partial charge in [-0.3, -0.25) is 4.79 Å². The summed E-state index contributed by atoms with van der Waals surface area (Å²) in [6.45, 7) is 3.36. The van der Waals surface area contributed by atoms with Crippen LogP contribution in [0.5, 0.6) is 0 Å². The SMILES string of the molecule is COCCN(Cc1ccccc1)C(=O)[C@H](C)N. The molecule has 0 saturated carbocycles. The summed E-state index contributed by atoms with van der Waals surface area (Å²) in [7, 11) is 1.62. The van der Waals surface area contributed by atoms with Crippen LogP contribution in [0, 0.1) is 0 Å². The smallest absolute Gasteiger partial charge is 0.239 e. The van der Waals surface area contributed by atoms with Crippen molar-refractivity contribution in [2.75, 3.05) is 20.3 Å². The van der Waals surface area contributed by atoms with E-state index in [0.29, 0.717) is 19.7 Å². The van der Waals surface area contributed by atoms with Crippen LogP contribution in [0.1, 0.15) is 12.5 Å². The van der Waals surface area contributed by atoms with Gasteiger partial charge in [-0.25, -0.2) is 0 Å². The lowest BCUT2D eigenvalue weighted by Gasteiger charge is -2.24. The Kier molecular flexibility index (Phi) is 5.66. The highest BCUT2D eigenvalue weighted by atomic mass is 16.5. The molecule has 0 aliphatic carbocycles. The van der Waals surface area contributed by atoms with Crippen LogP contribution in [-0.2, 0) is 16.1 Å². The average Bonchev–Trinajstić information content (AvgIpc) is 2.34. The van der Waals surface area contributed by atoms with Crippen LogP contribution < -0.4 is 5.73 Å². The summed E-state index contributed by atoms with van der Waals surface area (Å²) in [6.07, 6.45) is 0. The van der Waals surface area contributed by atoms with Crippen molar-refractivity contribution in [1.29, 1.82) is 0 Å². The number of carbonyl (C=O) groups is 1. The van der Waals surface area contributed by atoms with Crippen LogP contribution in [0.3, 0.4) is 0 Å². The molecule has 0 aromatic heterocycles. The molecule has 4 heteroatoms. The molecule has 1 amide bonds. The third-order valence-electron chi connectivity index (χ3n) is 2.48. The molecule has 4 nitrogen and oxygen atoms in total. The van der Waals surface area contributed by atoms with E-state index >= 15 is 0 Å². The normalized spacial score (nSPS) is 12.2. The van der Waals surface area contributed by atoms with Gasteiger partial charge in [0.1, 0.15) is 0 Å². The van der Waals surface area contributed by atoms with Crippen molar-refractivity contribution in [1.82, 2.24) is 4.90 Å². The Bertz CT molecular complexity index is 339. The number of hydrogen-bond acceptors (Lipinski definition) is 3. The Morgan fingerprint density at radius 3 is 2.59 bits per heavy atom. The zero-order valence-corrected chi connectivity index (χ0v) is 10.4. The molecule has 0 saturated heterocycles. The van der Waals surface area contributed by atoms with E-state index in [0.717, 1.165) is 5.56 Å². The van der Waals surface area contributed by atoms with Crippen molar-refractivity contribution in [3.8, 4) is 0 Å². The van der Waals surface area contributed by atoms with Crippen LogP contribution in [-0.4, -0.2) is 37.1 Å². The minimum Gasteiger partial charge on any atom is -0.383 e. The van der Waals surface area contributed by atoms with Crippen LogP contribution in [0.2, 0.25) is 0 Å². The first-order valence-corrected chi connectivity index (χ1v) is 5.72. The largest absolute Gasteiger partial charge is 0.383 e. The molecule has 17 heavy (non-hydrogen) atoms. The van der Waals surface area contributed by atoms with Gasteiger partial charge in [0.2, 0.25) is 5.91 Å². The zero-order chi connectivity index (χ0) is 12.7. The molecule has 1 rings (SSSR count). The maximum atomic E-state index is 11.9. The number of methoxy groups -OCH3 is 1. The Morgan fingerprint density at radius 1 is 1.41 bits per heavy atom. The molecule has 1 aromatic carbocycles. The van der Waals surface area contributed by atoms with Gasteiger partial charge in [-0.05, 0) is 12.5 Å². The number of carbonyl (C=O) groups excluding carboxylic acids is 1. The molecule has 0 spiro atoms. The minimum absolute atomic E-state index is 0.0501. The lowest BCUT2D eigenvalue weighted by molar-refractivity contribution is -0.133. The predicted octanol–water partition coefficient (Wildman–Crippen LogP) is 1.01. The second-order valence-corrected chi connectivity index (χ2v) is 4.03. The van der Waals surface area contributed by atoms with Crippen LogP contribution in [0.4, 0.5) is 0 Å². The standard InChI is InChI=1S/C13H20N2O2/c1-11(14)13(16)15(8-9-17-2)10-12-6-4-3-5-7-12/h3-7,11H,8-10,14H2,1-2H3/t11-/m0/s1. The summed E-state index contributed by atoms with van der Waals surface area (Å²) >= 11 is 0. The van der Waals surface area contributed by atoms with Crippen molar-refractivity contribution in [2.45, 2.75) is 19.5 Å². The third kappa shape index (κ3) is 4.54. The summed E-state index contributed by atoms with van der Waals surface area (Å²) in [5, 5.41) is 0. The van der Waals surface area contributed by atoms with Crippen LogP contribution >= 0.6 is 0 Å². The molecule has 0 unspecified atom stereocenters. The highest BCUT2D eigenvalue weighted by molar-refractivity contribution is 5.81. The number of hydrogen-bond donors (Lipinski definition) is 1. The fourth-order valence-corrected chi connectivity index (χ4v) is 1.56. The summed E-state index contributed by atoms with van der Waals surface area (Å²) < 4.78 is 5.01. The van der Waals surface area contributed by atoms with Crippen LogP contribution in [0.15, 0.2) is 30.3 Å². The Labute approximate surface area is 102 Å². The van der Waals surface area contributed by atoms with Crippen molar-refractivity contribution < 1.29 is 9.53 Å². The molecule has 1 atom stereocenters.